The highest BCUT2D eigenvalue weighted by molar-refractivity contribution is 9.11. The predicted octanol–water partition coefficient (Wildman–Crippen LogP) is 5.00. The molecule has 21 heavy (non-hydrogen) atoms. The lowest BCUT2D eigenvalue weighted by atomic mass is 10.1. The number of pyridine rings is 1. The van der Waals surface area contributed by atoms with E-state index in [-0.39, 0.29) is 11.7 Å². The van der Waals surface area contributed by atoms with Crippen LogP contribution >= 0.6 is 31.9 Å². The summed E-state index contributed by atoms with van der Waals surface area (Å²) in [7, 11) is 0. The van der Waals surface area contributed by atoms with E-state index in [4.69, 9.17) is 0 Å². The fourth-order valence-electron chi connectivity index (χ4n) is 1.89. The van der Waals surface area contributed by atoms with Gasteiger partial charge in [0.1, 0.15) is 12.0 Å². The highest BCUT2D eigenvalue weighted by Gasteiger charge is 2.18. The highest BCUT2D eigenvalue weighted by atomic mass is 79.9. The molecule has 0 fully saturated rings. The van der Waals surface area contributed by atoms with Gasteiger partial charge in [-0.05, 0) is 47.5 Å². The van der Waals surface area contributed by atoms with Crippen molar-refractivity contribution in [2.75, 3.05) is 5.32 Å². The Hall–Kier alpha value is -1.47. The molecule has 7 heteroatoms. The highest BCUT2D eigenvalue weighted by Crippen LogP contribution is 2.32. The second-order valence-electron chi connectivity index (χ2n) is 4.61. The number of benzene rings is 1. The Kier molecular flexibility index (Phi) is 4.95. The lowest BCUT2D eigenvalue weighted by molar-refractivity contribution is -0.385. The molecule has 1 aromatic heterocycles. The van der Waals surface area contributed by atoms with E-state index in [1.54, 1.807) is 6.92 Å². The first-order chi connectivity index (χ1) is 9.90. The summed E-state index contributed by atoms with van der Waals surface area (Å²) in [4.78, 5) is 14.6. The molecule has 5 nitrogen and oxygen atoms in total. The normalized spacial score (nSPS) is 12.0. The zero-order chi connectivity index (χ0) is 15.6. The van der Waals surface area contributed by atoms with Crippen LogP contribution in [0.1, 0.15) is 24.1 Å². The average molecular weight is 415 g/mol. The summed E-state index contributed by atoms with van der Waals surface area (Å²) >= 11 is 6.78. The van der Waals surface area contributed by atoms with Crippen molar-refractivity contribution < 1.29 is 4.92 Å². The summed E-state index contributed by atoms with van der Waals surface area (Å²) < 4.78 is 1.63. The largest absolute Gasteiger partial charge is 0.363 e. The summed E-state index contributed by atoms with van der Waals surface area (Å²) in [5.74, 6) is 0.591. The van der Waals surface area contributed by atoms with Gasteiger partial charge in [-0.1, -0.05) is 28.1 Å². The number of halogens is 2. The first kappa shape index (κ1) is 15.9. The standard InChI is InChI=1S/C14H13Br2N3O2/c1-8-12(19(20)21)7-17-14(13(8)16)18-9(2)10-3-5-11(15)6-4-10/h3-7,9H,1-2H3,(H,17,18). The minimum Gasteiger partial charge on any atom is -0.363 e. The molecule has 1 atom stereocenters. The van der Waals surface area contributed by atoms with Crippen LogP contribution in [0.25, 0.3) is 0 Å². The predicted molar refractivity (Wildman–Crippen MR) is 89.5 cm³/mol. The summed E-state index contributed by atoms with van der Waals surface area (Å²) in [6.45, 7) is 3.70. The van der Waals surface area contributed by atoms with Crippen LogP contribution in [0.15, 0.2) is 39.4 Å². The first-order valence-electron chi connectivity index (χ1n) is 6.21. The fourth-order valence-corrected chi connectivity index (χ4v) is 2.58. The van der Waals surface area contributed by atoms with Crippen molar-refractivity contribution in [3.63, 3.8) is 0 Å². The van der Waals surface area contributed by atoms with Gasteiger partial charge < -0.3 is 5.32 Å². The van der Waals surface area contributed by atoms with Crippen LogP contribution in [-0.2, 0) is 0 Å². The Bertz CT molecular complexity index is 675. The van der Waals surface area contributed by atoms with Gasteiger partial charge in [0.05, 0.1) is 9.40 Å². The summed E-state index contributed by atoms with van der Waals surface area (Å²) in [6.07, 6.45) is 1.27. The summed E-state index contributed by atoms with van der Waals surface area (Å²) in [6, 6.07) is 7.98. The second kappa shape index (κ2) is 6.53. The van der Waals surface area contributed by atoms with Gasteiger partial charge in [-0.3, -0.25) is 10.1 Å². The maximum atomic E-state index is 10.9. The minimum atomic E-state index is -0.435. The third-order valence-electron chi connectivity index (χ3n) is 3.16. The number of hydrogen-bond acceptors (Lipinski definition) is 4. The molecule has 1 aromatic carbocycles. The van der Waals surface area contributed by atoms with Crippen LogP contribution in [0.2, 0.25) is 0 Å². The first-order valence-corrected chi connectivity index (χ1v) is 7.80. The van der Waals surface area contributed by atoms with Crippen molar-refractivity contribution in [2.24, 2.45) is 0 Å². The van der Waals surface area contributed by atoms with E-state index in [1.165, 1.54) is 6.20 Å². The number of nitro groups is 1. The van der Waals surface area contributed by atoms with Gasteiger partial charge in [-0.2, -0.15) is 0 Å². The zero-order valence-electron chi connectivity index (χ0n) is 11.4. The van der Waals surface area contributed by atoms with Crippen LogP contribution in [0.4, 0.5) is 11.5 Å². The smallest absolute Gasteiger partial charge is 0.291 e. The van der Waals surface area contributed by atoms with Crippen molar-refractivity contribution in [1.29, 1.82) is 0 Å². The molecule has 110 valence electrons. The van der Waals surface area contributed by atoms with Gasteiger partial charge in [-0.15, -0.1) is 0 Å². The average Bonchev–Trinajstić information content (AvgIpc) is 2.44. The maximum Gasteiger partial charge on any atom is 0.291 e. The molecule has 1 heterocycles. The lowest BCUT2D eigenvalue weighted by Gasteiger charge is -2.16. The van der Waals surface area contributed by atoms with Gasteiger partial charge in [-0.25, -0.2) is 4.98 Å². The molecule has 1 N–H and O–H groups in total. The number of nitrogens with one attached hydrogen (secondary N) is 1. The molecule has 2 aromatic rings. The number of rotatable bonds is 4. The molecule has 0 radical (unpaired) electrons. The molecule has 0 spiro atoms. The monoisotopic (exact) mass is 413 g/mol. The number of nitrogens with zero attached hydrogens (tertiary/aromatic N) is 2. The third kappa shape index (κ3) is 3.59. The maximum absolute atomic E-state index is 10.9. The molecule has 0 aliphatic carbocycles. The van der Waals surface area contributed by atoms with Crippen LogP contribution in [0, 0.1) is 17.0 Å². The Balaban J connectivity index is 2.25. The van der Waals surface area contributed by atoms with Gasteiger partial charge >= 0.3 is 0 Å². The van der Waals surface area contributed by atoms with Gasteiger partial charge in [0.15, 0.2) is 0 Å². The van der Waals surface area contributed by atoms with Crippen molar-refractivity contribution in [1.82, 2.24) is 4.98 Å². The molecule has 0 saturated heterocycles. The number of anilines is 1. The topological polar surface area (TPSA) is 68.1 Å². The SMILES string of the molecule is Cc1c([N+](=O)[O-])cnc(NC(C)c2ccc(Br)cc2)c1Br. The molecule has 2 rings (SSSR count). The van der Waals surface area contributed by atoms with Crippen molar-refractivity contribution in [2.45, 2.75) is 19.9 Å². The van der Waals surface area contributed by atoms with Crippen LogP contribution in [0.5, 0.6) is 0 Å². The van der Waals surface area contributed by atoms with Gasteiger partial charge in [0, 0.05) is 16.1 Å². The Morgan fingerprint density at radius 3 is 2.48 bits per heavy atom. The second-order valence-corrected chi connectivity index (χ2v) is 6.31. The van der Waals surface area contributed by atoms with Crippen molar-refractivity contribution in [3.8, 4) is 0 Å². The number of hydrogen-bond donors (Lipinski definition) is 1. The molecular weight excluding hydrogens is 402 g/mol. The summed E-state index contributed by atoms with van der Waals surface area (Å²) in [5.41, 5.74) is 1.66. The lowest BCUT2D eigenvalue weighted by Crippen LogP contribution is -2.09. The molecule has 0 aliphatic heterocycles. The molecule has 0 saturated carbocycles. The quantitative estimate of drug-likeness (QED) is 0.564. The molecular formula is C14H13Br2N3O2. The van der Waals surface area contributed by atoms with E-state index in [1.807, 2.05) is 31.2 Å². The zero-order valence-corrected chi connectivity index (χ0v) is 14.6. The van der Waals surface area contributed by atoms with Crippen molar-refractivity contribution in [3.05, 3.63) is 60.6 Å². The fraction of sp³-hybridized carbons (Fsp3) is 0.214. The van der Waals surface area contributed by atoms with Crippen LogP contribution in [-0.4, -0.2) is 9.91 Å². The molecule has 1 unspecified atom stereocenters. The van der Waals surface area contributed by atoms with Crippen molar-refractivity contribution >= 4 is 43.4 Å². The summed E-state index contributed by atoms with van der Waals surface area (Å²) in [5, 5.41) is 14.1. The Morgan fingerprint density at radius 2 is 1.90 bits per heavy atom. The van der Waals surface area contributed by atoms with Crippen LogP contribution in [0.3, 0.4) is 0 Å². The minimum absolute atomic E-state index is 0.00344. The van der Waals surface area contributed by atoms with E-state index < -0.39 is 4.92 Å². The van der Waals surface area contributed by atoms with E-state index in [9.17, 15) is 10.1 Å². The Morgan fingerprint density at radius 1 is 1.29 bits per heavy atom. The third-order valence-corrected chi connectivity index (χ3v) is 4.66. The Labute approximate surface area is 139 Å². The molecule has 0 amide bonds. The van der Waals surface area contributed by atoms with Crippen LogP contribution < -0.4 is 5.32 Å². The molecule has 0 aliphatic rings. The van der Waals surface area contributed by atoms with Gasteiger partial charge in [0.2, 0.25) is 0 Å². The van der Waals surface area contributed by atoms with E-state index in [0.717, 1.165) is 10.0 Å². The number of aromatic nitrogens is 1. The van der Waals surface area contributed by atoms with E-state index in [0.29, 0.717) is 15.9 Å². The molecule has 0 bridgehead atoms. The van der Waals surface area contributed by atoms with E-state index >= 15 is 0 Å². The van der Waals surface area contributed by atoms with E-state index in [2.05, 4.69) is 42.2 Å². The van der Waals surface area contributed by atoms with Gasteiger partial charge in [0.25, 0.3) is 5.69 Å².